The Morgan fingerprint density at radius 2 is 2.04 bits per heavy atom. The SMILES string of the molecule is CC(C)C[C@H](C)C(=O)N[C@@H](CC(=O)O)c1cccc(N2CC3CCC2C3)c1. The van der Waals surface area contributed by atoms with Crippen molar-refractivity contribution in [2.75, 3.05) is 11.4 Å². The number of rotatable bonds is 8. The van der Waals surface area contributed by atoms with Gasteiger partial charge in [0.05, 0.1) is 12.5 Å². The molecule has 3 rings (SSSR count). The number of nitrogens with one attached hydrogen (secondary N) is 1. The van der Waals surface area contributed by atoms with Crippen molar-refractivity contribution in [2.24, 2.45) is 17.8 Å². The first-order valence-electron chi connectivity index (χ1n) is 10.2. The van der Waals surface area contributed by atoms with Gasteiger partial charge >= 0.3 is 5.97 Å². The van der Waals surface area contributed by atoms with Crippen molar-refractivity contribution in [3.05, 3.63) is 29.8 Å². The minimum absolute atomic E-state index is 0.0689. The summed E-state index contributed by atoms with van der Waals surface area (Å²) >= 11 is 0. The van der Waals surface area contributed by atoms with Gasteiger partial charge in [0.2, 0.25) is 5.91 Å². The minimum Gasteiger partial charge on any atom is -0.481 e. The molecule has 1 aliphatic heterocycles. The Morgan fingerprint density at radius 1 is 1.26 bits per heavy atom. The fraction of sp³-hybridized carbons (Fsp3) is 0.636. The molecule has 1 aromatic carbocycles. The number of hydrogen-bond donors (Lipinski definition) is 2. The third kappa shape index (κ3) is 4.82. The van der Waals surface area contributed by atoms with Gasteiger partial charge in [-0.2, -0.15) is 0 Å². The van der Waals surface area contributed by atoms with Crippen molar-refractivity contribution in [1.29, 1.82) is 0 Å². The maximum Gasteiger partial charge on any atom is 0.305 e. The van der Waals surface area contributed by atoms with E-state index in [-0.39, 0.29) is 18.2 Å². The van der Waals surface area contributed by atoms with Gasteiger partial charge in [-0.25, -0.2) is 0 Å². The van der Waals surface area contributed by atoms with Crippen LogP contribution in [0.2, 0.25) is 0 Å². The van der Waals surface area contributed by atoms with Gasteiger partial charge in [-0.1, -0.05) is 32.9 Å². The van der Waals surface area contributed by atoms with Gasteiger partial charge in [0.1, 0.15) is 0 Å². The van der Waals surface area contributed by atoms with Crippen molar-refractivity contribution < 1.29 is 14.7 Å². The fourth-order valence-electron chi connectivity index (χ4n) is 4.72. The quantitative estimate of drug-likeness (QED) is 0.724. The highest BCUT2D eigenvalue weighted by atomic mass is 16.4. The molecule has 27 heavy (non-hydrogen) atoms. The second-order valence-corrected chi connectivity index (χ2v) is 8.77. The number of anilines is 1. The zero-order valence-corrected chi connectivity index (χ0v) is 16.6. The molecule has 2 unspecified atom stereocenters. The largest absolute Gasteiger partial charge is 0.481 e. The molecular weight excluding hydrogens is 340 g/mol. The molecule has 0 radical (unpaired) electrons. The van der Waals surface area contributed by atoms with E-state index < -0.39 is 12.0 Å². The average Bonchev–Trinajstić information content (AvgIpc) is 3.23. The Balaban J connectivity index is 1.75. The third-order valence-corrected chi connectivity index (χ3v) is 5.98. The van der Waals surface area contributed by atoms with E-state index in [1.54, 1.807) is 0 Å². The summed E-state index contributed by atoms with van der Waals surface area (Å²) in [5.74, 6) is 0.129. The molecule has 0 spiro atoms. The van der Waals surface area contributed by atoms with Crippen LogP contribution in [0.4, 0.5) is 5.69 Å². The number of carboxylic acids is 1. The summed E-state index contributed by atoms with van der Waals surface area (Å²) in [6.07, 6.45) is 4.54. The van der Waals surface area contributed by atoms with Crippen LogP contribution in [-0.2, 0) is 9.59 Å². The van der Waals surface area contributed by atoms with Crippen LogP contribution in [0.25, 0.3) is 0 Å². The van der Waals surface area contributed by atoms with Gasteiger partial charge < -0.3 is 15.3 Å². The molecule has 2 aliphatic rings. The number of fused-ring (bicyclic) bond motifs is 2. The summed E-state index contributed by atoms with van der Waals surface area (Å²) in [6.45, 7) is 7.18. The molecule has 0 aromatic heterocycles. The van der Waals surface area contributed by atoms with Crippen molar-refractivity contribution in [3.63, 3.8) is 0 Å². The topological polar surface area (TPSA) is 69.6 Å². The van der Waals surface area contributed by atoms with Gasteiger partial charge in [0.25, 0.3) is 0 Å². The number of aliphatic carboxylic acids is 1. The second-order valence-electron chi connectivity index (χ2n) is 8.77. The van der Waals surface area contributed by atoms with Crippen molar-refractivity contribution >= 4 is 17.6 Å². The smallest absolute Gasteiger partial charge is 0.305 e. The van der Waals surface area contributed by atoms with Crippen LogP contribution in [0.3, 0.4) is 0 Å². The zero-order chi connectivity index (χ0) is 19.6. The lowest BCUT2D eigenvalue weighted by Gasteiger charge is -2.30. The van der Waals surface area contributed by atoms with Crippen molar-refractivity contribution in [2.45, 2.75) is 65.0 Å². The maximum absolute atomic E-state index is 12.6. The second kappa shape index (κ2) is 8.32. The summed E-state index contributed by atoms with van der Waals surface area (Å²) in [5, 5.41) is 12.3. The summed E-state index contributed by atoms with van der Waals surface area (Å²) < 4.78 is 0. The van der Waals surface area contributed by atoms with E-state index >= 15 is 0 Å². The van der Waals surface area contributed by atoms with E-state index in [4.69, 9.17) is 0 Å². The van der Waals surface area contributed by atoms with E-state index in [9.17, 15) is 14.7 Å². The number of carbonyl (C=O) groups excluding carboxylic acids is 1. The first kappa shape index (κ1) is 19.7. The van der Waals surface area contributed by atoms with Crippen LogP contribution in [0, 0.1) is 17.8 Å². The van der Waals surface area contributed by atoms with Crippen LogP contribution in [0.1, 0.15) is 64.5 Å². The Morgan fingerprint density at radius 3 is 2.63 bits per heavy atom. The van der Waals surface area contributed by atoms with Gasteiger partial charge in [0.15, 0.2) is 0 Å². The molecule has 1 heterocycles. The van der Waals surface area contributed by atoms with Gasteiger partial charge in [-0.05, 0) is 55.2 Å². The summed E-state index contributed by atoms with van der Waals surface area (Å²) in [4.78, 5) is 26.4. The molecule has 2 N–H and O–H groups in total. The van der Waals surface area contributed by atoms with E-state index in [1.807, 2.05) is 19.1 Å². The van der Waals surface area contributed by atoms with Crippen LogP contribution in [-0.4, -0.2) is 29.6 Å². The summed E-state index contributed by atoms with van der Waals surface area (Å²) in [5.41, 5.74) is 2.03. The van der Waals surface area contributed by atoms with Crippen molar-refractivity contribution in [1.82, 2.24) is 5.32 Å². The molecule has 5 nitrogen and oxygen atoms in total. The summed E-state index contributed by atoms with van der Waals surface area (Å²) in [6, 6.07) is 8.20. The van der Waals surface area contributed by atoms with E-state index in [2.05, 4.69) is 36.2 Å². The predicted molar refractivity (Wildman–Crippen MR) is 107 cm³/mol. The number of nitrogens with zero attached hydrogens (tertiary/aromatic N) is 1. The molecule has 4 atom stereocenters. The monoisotopic (exact) mass is 372 g/mol. The Kier molecular flexibility index (Phi) is 6.08. The Bertz CT molecular complexity index is 688. The maximum atomic E-state index is 12.6. The van der Waals surface area contributed by atoms with Gasteiger partial charge in [0, 0.05) is 24.2 Å². The molecule has 5 heteroatoms. The number of carboxylic acid groups (broad SMARTS) is 1. The molecular formula is C22H32N2O3. The van der Waals surface area contributed by atoms with Crippen LogP contribution in [0.15, 0.2) is 24.3 Å². The number of carbonyl (C=O) groups is 2. The number of piperidine rings is 1. The normalized spacial score (nSPS) is 23.5. The van der Waals surface area contributed by atoms with E-state index in [0.717, 1.165) is 30.1 Å². The number of amides is 1. The Labute approximate surface area is 162 Å². The first-order chi connectivity index (χ1) is 12.8. The predicted octanol–water partition coefficient (Wildman–Crippen LogP) is 3.99. The average molecular weight is 373 g/mol. The molecule has 1 aliphatic carbocycles. The molecule has 1 aromatic rings. The fourth-order valence-corrected chi connectivity index (χ4v) is 4.72. The standard InChI is InChI=1S/C22H32N2O3/c1-14(2)9-15(3)22(27)23-20(12-21(25)26)17-5-4-6-18(11-17)24-13-16-7-8-19(24)10-16/h4-6,11,14-16,19-20H,7-10,12-13H2,1-3H3,(H,23,27)(H,25,26)/t15-,16?,19?,20-/m0/s1. The van der Waals surface area contributed by atoms with Crippen LogP contribution in [0.5, 0.6) is 0 Å². The minimum atomic E-state index is -0.901. The lowest BCUT2D eigenvalue weighted by molar-refractivity contribution is -0.138. The molecule has 148 valence electrons. The highest BCUT2D eigenvalue weighted by Gasteiger charge is 2.37. The molecule has 1 saturated heterocycles. The van der Waals surface area contributed by atoms with Crippen molar-refractivity contribution in [3.8, 4) is 0 Å². The third-order valence-electron chi connectivity index (χ3n) is 5.98. The number of benzene rings is 1. The lowest BCUT2D eigenvalue weighted by Crippen LogP contribution is -2.35. The van der Waals surface area contributed by atoms with E-state index in [0.29, 0.717) is 12.0 Å². The zero-order valence-electron chi connectivity index (χ0n) is 16.6. The number of hydrogen-bond acceptors (Lipinski definition) is 3. The highest BCUT2D eigenvalue weighted by Crippen LogP contribution is 2.40. The first-order valence-corrected chi connectivity index (χ1v) is 10.2. The molecule has 2 bridgehead atoms. The molecule has 2 fully saturated rings. The Hall–Kier alpha value is -2.04. The summed E-state index contributed by atoms with van der Waals surface area (Å²) in [7, 11) is 0. The highest BCUT2D eigenvalue weighted by molar-refractivity contribution is 5.79. The van der Waals surface area contributed by atoms with Crippen LogP contribution < -0.4 is 10.2 Å². The van der Waals surface area contributed by atoms with Crippen LogP contribution >= 0.6 is 0 Å². The van der Waals surface area contributed by atoms with Gasteiger partial charge in [-0.3, -0.25) is 9.59 Å². The molecule has 1 amide bonds. The molecule has 1 saturated carbocycles. The lowest BCUT2D eigenvalue weighted by atomic mass is 9.96. The van der Waals surface area contributed by atoms with E-state index in [1.165, 1.54) is 19.3 Å². The van der Waals surface area contributed by atoms with Gasteiger partial charge in [-0.15, -0.1) is 0 Å².